The molecule has 3 aromatic rings. The Morgan fingerprint density at radius 2 is 1.66 bits per heavy atom. The number of rotatable bonds is 13. The first-order chi connectivity index (χ1) is 19.5. The summed E-state index contributed by atoms with van der Waals surface area (Å²) in [6, 6.07) is 14.7. The number of methoxy groups -OCH3 is 2. The van der Waals surface area contributed by atoms with E-state index in [1.165, 1.54) is 49.5 Å². The molecule has 0 saturated carbocycles. The van der Waals surface area contributed by atoms with E-state index in [0.717, 1.165) is 16.4 Å². The first kappa shape index (κ1) is 31.7. The van der Waals surface area contributed by atoms with Crippen molar-refractivity contribution < 1.29 is 31.9 Å². The molecule has 3 rings (SSSR count). The Morgan fingerprint density at radius 3 is 2.27 bits per heavy atom. The van der Waals surface area contributed by atoms with Gasteiger partial charge < -0.3 is 19.7 Å². The summed E-state index contributed by atoms with van der Waals surface area (Å²) in [5.41, 5.74) is 0.629. The molecule has 0 saturated heterocycles. The molecule has 12 heteroatoms. The second-order valence-electron chi connectivity index (χ2n) is 9.08. The molecule has 1 N–H and O–H groups in total. The number of sulfonamides is 1. The Kier molecular flexibility index (Phi) is 11.0. The minimum Gasteiger partial charge on any atom is -0.493 e. The van der Waals surface area contributed by atoms with Crippen LogP contribution in [-0.2, 0) is 26.2 Å². The average molecular weight is 606 g/mol. The molecule has 3 aromatic carbocycles. The smallest absolute Gasteiger partial charge is 0.264 e. The summed E-state index contributed by atoms with van der Waals surface area (Å²) in [4.78, 5) is 27.9. The summed E-state index contributed by atoms with van der Waals surface area (Å²) in [7, 11) is -1.61. The van der Waals surface area contributed by atoms with Crippen LogP contribution in [0.5, 0.6) is 11.5 Å². The van der Waals surface area contributed by atoms with Crippen LogP contribution in [0.15, 0.2) is 71.6 Å². The molecule has 2 amide bonds. The summed E-state index contributed by atoms with van der Waals surface area (Å²) in [5, 5.41) is 3.16. The van der Waals surface area contributed by atoms with E-state index in [1.807, 2.05) is 6.92 Å². The Morgan fingerprint density at radius 1 is 1.00 bits per heavy atom. The zero-order valence-electron chi connectivity index (χ0n) is 23.3. The molecule has 9 nitrogen and oxygen atoms in total. The fourth-order valence-corrected chi connectivity index (χ4v) is 5.65. The third-order valence-corrected chi connectivity index (χ3v) is 8.49. The lowest BCUT2D eigenvalue weighted by Gasteiger charge is -2.32. The van der Waals surface area contributed by atoms with Crippen molar-refractivity contribution >= 4 is 39.1 Å². The van der Waals surface area contributed by atoms with Gasteiger partial charge in [0, 0.05) is 24.2 Å². The van der Waals surface area contributed by atoms with Gasteiger partial charge in [-0.1, -0.05) is 36.7 Å². The number of amides is 2. The minimum absolute atomic E-state index is 0.0487. The Labute approximate surface area is 244 Å². The second kappa shape index (κ2) is 14.2. The SMILES string of the molecule is CCCNC(=O)C(C)N(Cc1ccccc1Cl)C(=O)CN(c1ccc(F)cc1)S(=O)(=O)c1ccc(OC)c(OC)c1. The van der Waals surface area contributed by atoms with Crippen molar-refractivity contribution in [3.05, 3.63) is 83.1 Å². The number of nitrogens with zero attached hydrogens (tertiary/aromatic N) is 2. The Hall–Kier alpha value is -3.83. The van der Waals surface area contributed by atoms with E-state index in [2.05, 4.69) is 5.32 Å². The highest BCUT2D eigenvalue weighted by atomic mass is 35.5. The molecule has 0 fully saturated rings. The molecule has 0 spiro atoms. The van der Waals surface area contributed by atoms with Crippen molar-refractivity contribution in [1.82, 2.24) is 10.2 Å². The van der Waals surface area contributed by atoms with Gasteiger partial charge in [0.1, 0.15) is 18.4 Å². The highest BCUT2D eigenvalue weighted by Gasteiger charge is 2.33. The first-order valence-electron chi connectivity index (χ1n) is 12.8. The number of hydrogen-bond donors (Lipinski definition) is 1. The van der Waals surface area contributed by atoms with Crippen molar-refractivity contribution in [3.63, 3.8) is 0 Å². The highest BCUT2D eigenvalue weighted by Crippen LogP contribution is 2.32. The Bertz CT molecular complexity index is 1470. The zero-order valence-corrected chi connectivity index (χ0v) is 24.8. The Balaban J connectivity index is 2.07. The standard InChI is InChI=1S/C29H33ClFN3O6S/c1-5-16-32-29(36)20(2)33(18-21-8-6-7-9-25(21)30)28(35)19-34(23-12-10-22(31)11-13-23)41(37,38)24-14-15-26(39-3)27(17-24)40-4/h6-15,17,20H,5,16,18-19H2,1-4H3,(H,32,36). The van der Waals surface area contributed by atoms with Crippen LogP contribution in [0.2, 0.25) is 5.02 Å². The number of ether oxygens (including phenoxy) is 2. The van der Waals surface area contributed by atoms with E-state index >= 15 is 0 Å². The lowest BCUT2D eigenvalue weighted by Crippen LogP contribution is -2.51. The van der Waals surface area contributed by atoms with Crippen molar-refractivity contribution in [2.75, 3.05) is 31.6 Å². The van der Waals surface area contributed by atoms with E-state index in [9.17, 15) is 22.4 Å². The molecular formula is C29H33ClFN3O6S. The van der Waals surface area contributed by atoms with Crippen LogP contribution in [0.4, 0.5) is 10.1 Å². The zero-order chi connectivity index (χ0) is 30.2. The predicted octanol–water partition coefficient (Wildman–Crippen LogP) is 4.64. The van der Waals surface area contributed by atoms with E-state index in [4.69, 9.17) is 21.1 Å². The molecule has 0 heterocycles. The summed E-state index contributed by atoms with van der Waals surface area (Å²) in [6.07, 6.45) is 0.693. The second-order valence-corrected chi connectivity index (χ2v) is 11.4. The van der Waals surface area contributed by atoms with Gasteiger partial charge in [0.25, 0.3) is 10.0 Å². The largest absolute Gasteiger partial charge is 0.493 e. The number of nitrogens with one attached hydrogen (secondary N) is 1. The van der Waals surface area contributed by atoms with Crippen LogP contribution in [0, 0.1) is 5.82 Å². The van der Waals surface area contributed by atoms with Gasteiger partial charge in [-0.2, -0.15) is 0 Å². The van der Waals surface area contributed by atoms with Crippen molar-refractivity contribution in [3.8, 4) is 11.5 Å². The lowest BCUT2D eigenvalue weighted by molar-refractivity contribution is -0.139. The van der Waals surface area contributed by atoms with E-state index in [0.29, 0.717) is 29.3 Å². The minimum atomic E-state index is -4.39. The lowest BCUT2D eigenvalue weighted by atomic mass is 10.1. The molecular weight excluding hydrogens is 573 g/mol. The third-order valence-electron chi connectivity index (χ3n) is 6.35. The van der Waals surface area contributed by atoms with Gasteiger partial charge >= 0.3 is 0 Å². The fraction of sp³-hybridized carbons (Fsp3) is 0.310. The van der Waals surface area contributed by atoms with Gasteiger partial charge in [-0.3, -0.25) is 13.9 Å². The van der Waals surface area contributed by atoms with Crippen LogP contribution in [0.3, 0.4) is 0 Å². The van der Waals surface area contributed by atoms with Crippen LogP contribution in [-0.4, -0.2) is 58.5 Å². The maximum absolute atomic E-state index is 14.0. The monoisotopic (exact) mass is 605 g/mol. The van der Waals surface area contributed by atoms with Crippen molar-refractivity contribution in [2.45, 2.75) is 37.8 Å². The van der Waals surface area contributed by atoms with E-state index in [1.54, 1.807) is 31.2 Å². The number of carbonyl (C=O) groups excluding carboxylic acids is 2. The van der Waals surface area contributed by atoms with Crippen LogP contribution in [0.25, 0.3) is 0 Å². The normalized spacial score (nSPS) is 11.9. The number of halogens is 2. The van der Waals surface area contributed by atoms with E-state index in [-0.39, 0.29) is 22.9 Å². The summed E-state index contributed by atoms with van der Waals surface area (Å²) >= 11 is 6.36. The van der Waals surface area contributed by atoms with Gasteiger partial charge in [-0.05, 0) is 61.4 Å². The van der Waals surface area contributed by atoms with Gasteiger partial charge in [0.05, 0.1) is 24.8 Å². The quantitative estimate of drug-likeness (QED) is 0.304. The predicted molar refractivity (Wildman–Crippen MR) is 155 cm³/mol. The number of hydrogen-bond acceptors (Lipinski definition) is 6. The van der Waals surface area contributed by atoms with Crippen LogP contribution >= 0.6 is 11.6 Å². The molecule has 1 atom stereocenters. The highest BCUT2D eigenvalue weighted by molar-refractivity contribution is 7.92. The molecule has 1 unspecified atom stereocenters. The van der Waals surface area contributed by atoms with Crippen molar-refractivity contribution in [2.24, 2.45) is 0 Å². The average Bonchev–Trinajstić information content (AvgIpc) is 2.97. The number of benzene rings is 3. The van der Waals surface area contributed by atoms with Gasteiger partial charge in [-0.25, -0.2) is 12.8 Å². The van der Waals surface area contributed by atoms with Crippen molar-refractivity contribution in [1.29, 1.82) is 0 Å². The molecule has 0 aliphatic heterocycles. The van der Waals surface area contributed by atoms with Crippen LogP contribution in [0.1, 0.15) is 25.8 Å². The molecule has 0 radical (unpaired) electrons. The van der Waals surface area contributed by atoms with Gasteiger partial charge in [0.15, 0.2) is 11.5 Å². The molecule has 41 heavy (non-hydrogen) atoms. The third kappa shape index (κ3) is 7.68. The molecule has 220 valence electrons. The maximum Gasteiger partial charge on any atom is 0.264 e. The number of carbonyl (C=O) groups is 2. The molecule has 0 aliphatic carbocycles. The number of anilines is 1. The molecule has 0 bridgehead atoms. The summed E-state index contributed by atoms with van der Waals surface area (Å²) in [5.74, 6) is -1.17. The van der Waals surface area contributed by atoms with Gasteiger partial charge in [0.2, 0.25) is 11.8 Å². The fourth-order valence-electron chi connectivity index (χ4n) is 4.03. The summed E-state index contributed by atoms with van der Waals surface area (Å²) in [6.45, 7) is 3.14. The van der Waals surface area contributed by atoms with E-state index < -0.39 is 40.2 Å². The van der Waals surface area contributed by atoms with Gasteiger partial charge in [-0.15, -0.1) is 0 Å². The van der Waals surface area contributed by atoms with Crippen LogP contribution < -0.4 is 19.1 Å². The first-order valence-corrected chi connectivity index (χ1v) is 14.7. The molecule has 0 aliphatic rings. The summed E-state index contributed by atoms with van der Waals surface area (Å²) < 4.78 is 53.1. The molecule has 0 aromatic heterocycles. The maximum atomic E-state index is 14.0. The topological polar surface area (TPSA) is 105 Å².